The molecule has 1 aliphatic carbocycles. The molecule has 90 valence electrons. The molecule has 2 aromatic rings. The van der Waals surface area contributed by atoms with Gasteiger partial charge in [0.25, 0.3) is 0 Å². The molecule has 2 atom stereocenters. The Bertz CT molecular complexity index is 587. The van der Waals surface area contributed by atoms with Crippen LogP contribution in [0.3, 0.4) is 0 Å². The summed E-state index contributed by atoms with van der Waals surface area (Å²) in [5.41, 5.74) is 0.339. The second-order valence-electron chi connectivity index (χ2n) is 4.69. The minimum atomic E-state index is -0.256. The zero-order valence-corrected chi connectivity index (χ0v) is 9.68. The highest BCUT2D eigenvalue weighted by Gasteiger charge is 2.23. The van der Waals surface area contributed by atoms with E-state index in [1.54, 1.807) is 6.07 Å². The van der Waals surface area contributed by atoms with Gasteiger partial charge in [-0.15, -0.1) is 0 Å². The van der Waals surface area contributed by atoms with Crippen LogP contribution in [0.4, 0.5) is 5.82 Å². The first-order valence-electron chi connectivity index (χ1n) is 5.93. The fraction of sp³-hybridized carbons (Fsp3) is 0.545. The van der Waals surface area contributed by atoms with E-state index in [-0.39, 0.29) is 5.69 Å². The molecule has 2 heterocycles. The van der Waals surface area contributed by atoms with Crippen LogP contribution in [0.15, 0.2) is 17.2 Å². The largest absolute Gasteiger partial charge is 0.367 e. The zero-order valence-electron chi connectivity index (χ0n) is 9.68. The Morgan fingerprint density at radius 3 is 3.18 bits per heavy atom. The van der Waals surface area contributed by atoms with Crippen LogP contribution in [-0.2, 0) is 0 Å². The minimum absolute atomic E-state index is 0.256. The second-order valence-corrected chi connectivity index (χ2v) is 4.69. The molecule has 0 aromatic carbocycles. The van der Waals surface area contributed by atoms with E-state index in [9.17, 15) is 4.79 Å². The Morgan fingerprint density at radius 1 is 1.53 bits per heavy atom. The van der Waals surface area contributed by atoms with Crippen molar-refractivity contribution in [2.45, 2.75) is 32.2 Å². The number of aromatic amines is 1. The summed E-state index contributed by atoms with van der Waals surface area (Å²) in [6.07, 6.45) is 5.22. The fourth-order valence-corrected chi connectivity index (χ4v) is 2.44. The van der Waals surface area contributed by atoms with Crippen molar-refractivity contribution in [3.8, 4) is 0 Å². The summed E-state index contributed by atoms with van der Waals surface area (Å²) in [5.74, 6) is 1.46. The van der Waals surface area contributed by atoms with E-state index >= 15 is 0 Å². The normalized spacial score (nSPS) is 24.3. The number of aromatic nitrogens is 4. The van der Waals surface area contributed by atoms with Crippen molar-refractivity contribution in [2.24, 2.45) is 5.92 Å². The van der Waals surface area contributed by atoms with Gasteiger partial charge in [-0.2, -0.15) is 5.10 Å². The number of nitrogens with one attached hydrogen (secondary N) is 2. The summed E-state index contributed by atoms with van der Waals surface area (Å²) >= 11 is 0. The van der Waals surface area contributed by atoms with Gasteiger partial charge in [0.15, 0.2) is 5.65 Å². The smallest absolute Gasteiger partial charge is 0.348 e. The van der Waals surface area contributed by atoms with Gasteiger partial charge >= 0.3 is 5.69 Å². The van der Waals surface area contributed by atoms with Gasteiger partial charge < -0.3 is 5.32 Å². The van der Waals surface area contributed by atoms with E-state index in [0.29, 0.717) is 17.6 Å². The number of fused-ring (bicyclic) bond motifs is 1. The molecule has 3 rings (SSSR count). The molecule has 2 aromatic heterocycles. The molecule has 2 N–H and O–H groups in total. The first-order chi connectivity index (χ1) is 8.24. The summed E-state index contributed by atoms with van der Waals surface area (Å²) in [4.78, 5) is 15.5. The van der Waals surface area contributed by atoms with Crippen molar-refractivity contribution in [1.82, 2.24) is 19.6 Å². The van der Waals surface area contributed by atoms with Crippen LogP contribution in [0, 0.1) is 5.92 Å². The quantitative estimate of drug-likeness (QED) is 0.812. The molecular formula is C11H15N5O. The number of nitrogens with zero attached hydrogens (tertiary/aromatic N) is 3. The predicted molar refractivity (Wildman–Crippen MR) is 64.0 cm³/mol. The minimum Gasteiger partial charge on any atom is -0.367 e. The van der Waals surface area contributed by atoms with E-state index in [2.05, 4.69) is 27.4 Å². The predicted octanol–water partition coefficient (Wildman–Crippen LogP) is 1.02. The van der Waals surface area contributed by atoms with Crippen LogP contribution >= 0.6 is 0 Å². The topological polar surface area (TPSA) is 75.1 Å². The van der Waals surface area contributed by atoms with E-state index in [0.717, 1.165) is 5.82 Å². The van der Waals surface area contributed by atoms with Crippen molar-refractivity contribution in [1.29, 1.82) is 0 Å². The number of anilines is 1. The maximum Gasteiger partial charge on any atom is 0.348 e. The third-order valence-corrected chi connectivity index (χ3v) is 3.50. The Morgan fingerprint density at radius 2 is 2.41 bits per heavy atom. The molecule has 6 heteroatoms. The molecule has 6 nitrogen and oxygen atoms in total. The van der Waals surface area contributed by atoms with Crippen molar-refractivity contribution in [2.75, 3.05) is 5.32 Å². The fourth-order valence-electron chi connectivity index (χ4n) is 2.44. The summed E-state index contributed by atoms with van der Waals surface area (Å²) in [5, 5.41) is 9.73. The molecule has 2 unspecified atom stereocenters. The number of H-pyrrole nitrogens is 1. The van der Waals surface area contributed by atoms with Crippen molar-refractivity contribution in [3.63, 3.8) is 0 Å². The van der Waals surface area contributed by atoms with E-state index < -0.39 is 0 Å². The number of hydrogen-bond acceptors (Lipinski definition) is 4. The molecule has 0 saturated heterocycles. The molecule has 0 spiro atoms. The summed E-state index contributed by atoms with van der Waals surface area (Å²) in [6.45, 7) is 2.25. The lowest BCUT2D eigenvalue weighted by atomic mass is 10.1. The Hall–Kier alpha value is -1.85. The lowest BCUT2D eigenvalue weighted by Gasteiger charge is -2.17. The lowest BCUT2D eigenvalue weighted by molar-refractivity contribution is 0.555. The molecule has 0 bridgehead atoms. The van der Waals surface area contributed by atoms with E-state index in [1.165, 1.54) is 30.0 Å². The lowest BCUT2D eigenvalue weighted by Crippen LogP contribution is -2.22. The molecule has 1 saturated carbocycles. The van der Waals surface area contributed by atoms with Gasteiger partial charge in [-0.25, -0.2) is 19.3 Å². The highest BCUT2D eigenvalue weighted by molar-refractivity contribution is 5.48. The van der Waals surface area contributed by atoms with Crippen molar-refractivity contribution in [3.05, 3.63) is 22.9 Å². The molecule has 0 aliphatic heterocycles. The summed E-state index contributed by atoms with van der Waals surface area (Å²) in [7, 11) is 0. The SMILES string of the molecule is CC1CCCC1Nc1cc2n[nH]c(=O)n2cn1. The third kappa shape index (κ3) is 1.79. The van der Waals surface area contributed by atoms with Crippen molar-refractivity contribution < 1.29 is 0 Å². The molecule has 1 fully saturated rings. The van der Waals surface area contributed by atoms with Gasteiger partial charge in [-0.05, 0) is 18.8 Å². The Labute approximate surface area is 98.1 Å². The maximum absolute atomic E-state index is 11.3. The average molecular weight is 233 g/mol. The average Bonchev–Trinajstić information content (AvgIpc) is 2.87. The van der Waals surface area contributed by atoms with E-state index in [1.807, 2.05) is 0 Å². The van der Waals surface area contributed by atoms with Crippen LogP contribution < -0.4 is 11.0 Å². The number of hydrogen-bond donors (Lipinski definition) is 2. The second kappa shape index (κ2) is 3.87. The summed E-state index contributed by atoms with van der Waals surface area (Å²) < 4.78 is 1.39. The molecule has 17 heavy (non-hydrogen) atoms. The van der Waals surface area contributed by atoms with Gasteiger partial charge in [0.1, 0.15) is 12.1 Å². The Balaban J connectivity index is 1.88. The summed E-state index contributed by atoms with van der Waals surface area (Å²) in [6, 6.07) is 2.28. The Kier molecular flexibility index (Phi) is 2.35. The molecule has 1 aliphatic rings. The monoisotopic (exact) mass is 233 g/mol. The van der Waals surface area contributed by atoms with E-state index in [4.69, 9.17) is 0 Å². The highest BCUT2D eigenvalue weighted by Crippen LogP contribution is 2.27. The highest BCUT2D eigenvalue weighted by atomic mass is 16.1. The van der Waals surface area contributed by atoms with Gasteiger partial charge in [-0.3, -0.25) is 0 Å². The first kappa shape index (κ1) is 10.3. The van der Waals surface area contributed by atoms with Gasteiger partial charge in [0.05, 0.1) is 0 Å². The van der Waals surface area contributed by atoms with Crippen LogP contribution in [0.2, 0.25) is 0 Å². The number of rotatable bonds is 2. The van der Waals surface area contributed by atoms with Crippen molar-refractivity contribution >= 4 is 11.5 Å². The molecule has 0 radical (unpaired) electrons. The first-order valence-corrected chi connectivity index (χ1v) is 5.93. The van der Waals surface area contributed by atoms with Gasteiger partial charge in [0, 0.05) is 12.1 Å². The van der Waals surface area contributed by atoms with Crippen LogP contribution in [0.1, 0.15) is 26.2 Å². The zero-order chi connectivity index (χ0) is 11.8. The van der Waals surface area contributed by atoms with Crippen LogP contribution in [0.5, 0.6) is 0 Å². The van der Waals surface area contributed by atoms with Crippen LogP contribution in [-0.4, -0.2) is 25.6 Å². The van der Waals surface area contributed by atoms with Gasteiger partial charge in [-0.1, -0.05) is 13.3 Å². The molecule has 0 amide bonds. The van der Waals surface area contributed by atoms with Gasteiger partial charge in [0.2, 0.25) is 0 Å². The standard InChI is InChI=1S/C11H15N5O/c1-7-3-2-4-8(7)13-9-5-10-14-15-11(17)16(10)6-12-9/h5-8,13H,2-4H2,1H3,(H,15,17). The maximum atomic E-state index is 11.3. The van der Waals surface area contributed by atoms with Crippen LogP contribution in [0.25, 0.3) is 5.65 Å². The molecular weight excluding hydrogens is 218 g/mol. The third-order valence-electron chi connectivity index (χ3n) is 3.50.